The van der Waals surface area contributed by atoms with E-state index < -0.39 is 0 Å². The standard InChI is InChI=1S/C11H20N4O/c1-3-4-12-7-10-8-15-11(9-14-10)13-5-6-16-2/h8-9,12H,3-7H2,1-2H3,(H,13,15). The van der Waals surface area contributed by atoms with Gasteiger partial charge in [0, 0.05) is 20.2 Å². The third-order valence-electron chi connectivity index (χ3n) is 2.05. The molecule has 0 bridgehead atoms. The predicted molar refractivity (Wildman–Crippen MR) is 64.4 cm³/mol. The topological polar surface area (TPSA) is 59.1 Å². The van der Waals surface area contributed by atoms with Gasteiger partial charge in [-0.25, -0.2) is 4.98 Å². The predicted octanol–water partition coefficient (Wildman–Crippen LogP) is 1.03. The second-order valence-electron chi connectivity index (χ2n) is 3.49. The average Bonchev–Trinajstić information content (AvgIpc) is 2.32. The van der Waals surface area contributed by atoms with Crippen molar-refractivity contribution < 1.29 is 4.74 Å². The first-order valence-corrected chi connectivity index (χ1v) is 5.61. The van der Waals surface area contributed by atoms with E-state index >= 15 is 0 Å². The van der Waals surface area contributed by atoms with Crippen LogP contribution in [0.1, 0.15) is 19.0 Å². The first-order chi connectivity index (χ1) is 7.86. The molecular formula is C11H20N4O. The van der Waals surface area contributed by atoms with E-state index in [1.807, 2.05) is 0 Å². The van der Waals surface area contributed by atoms with Gasteiger partial charge in [-0.15, -0.1) is 0 Å². The summed E-state index contributed by atoms with van der Waals surface area (Å²) in [6.45, 7) is 5.34. The summed E-state index contributed by atoms with van der Waals surface area (Å²) < 4.78 is 4.93. The van der Waals surface area contributed by atoms with Crippen LogP contribution in [0.15, 0.2) is 12.4 Å². The summed E-state index contributed by atoms with van der Waals surface area (Å²) in [6, 6.07) is 0. The number of methoxy groups -OCH3 is 1. The minimum absolute atomic E-state index is 0.668. The lowest BCUT2D eigenvalue weighted by Crippen LogP contribution is -2.15. The molecular weight excluding hydrogens is 204 g/mol. The first-order valence-electron chi connectivity index (χ1n) is 5.61. The molecule has 0 amide bonds. The van der Waals surface area contributed by atoms with Crippen LogP contribution in [0.25, 0.3) is 0 Å². The monoisotopic (exact) mass is 224 g/mol. The van der Waals surface area contributed by atoms with Crippen LogP contribution in [0, 0.1) is 0 Å². The van der Waals surface area contributed by atoms with Gasteiger partial charge in [-0.2, -0.15) is 0 Å². The number of anilines is 1. The molecule has 0 aliphatic rings. The molecule has 0 fully saturated rings. The van der Waals surface area contributed by atoms with Crippen molar-refractivity contribution in [3.63, 3.8) is 0 Å². The Kier molecular flexibility index (Phi) is 6.44. The summed E-state index contributed by atoms with van der Waals surface area (Å²) in [6.07, 6.45) is 4.67. The molecule has 0 saturated heterocycles. The van der Waals surface area contributed by atoms with E-state index in [1.165, 1.54) is 0 Å². The SMILES string of the molecule is CCCNCc1cnc(NCCOC)cn1. The van der Waals surface area contributed by atoms with Crippen LogP contribution in [0.2, 0.25) is 0 Å². The normalized spacial score (nSPS) is 10.4. The molecule has 0 aromatic carbocycles. The minimum atomic E-state index is 0.668. The van der Waals surface area contributed by atoms with E-state index in [-0.39, 0.29) is 0 Å². The fourth-order valence-electron chi connectivity index (χ4n) is 1.21. The molecule has 0 aliphatic heterocycles. The zero-order valence-corrected chi connectivity index (χ0v) is 9.99. The second kappa shape index (κ2) is 8.01. The molecule has 0 aliphatic carbocycles. The van der Waals surface area contributed by atoms with Crippen molar-refractivity contribution in [2.75, 3.05) is 32.1 Å². The average molecular weight is 224 g/mol. The van der Waals surface area contributed by atoms with Crippen molar-refractivity contribution in [2.45, 2.75) is 19.9 Å². The molecule has 2 N–H and O–H groups in total. The molecule has 1 aromatic heterocycles. The highest BCUT2D eigenvalue weighted by atomic mass is 16.5. The van der Waals surface area contributed by atoms with Crippen molar-refractivity contribution in [3.05, 3.63) is 18.1 Å². The van der Waals surface area contributed by atoms with Crippen molar-refractivity contribution >= 4 is 5.82 Å². The zero-order chi connectivity index (χ0) is 11.6. The molecule has 1 rings (SSSR count). The van der Waals surface area contributed by atoms with Crippen LogP contribution in [0.3, 0.4) is 0 Å². The van der Waals surface area contributed by atoms with Gasteiger partial charge in [-0.3, -0.25) is 4.98 Å². The summed E-state index contributed by atoms with van der Waals surface area (Å²) in [7, 11) is 1.68. The van der Waals surface area contributed by atoms with Crippen LogP contribution < -0.4 is 10.6 Å². The molecule has 90 valence electrons. The molecule has 1 aromatic rings. The quantitative estimate of drug-likeness (QED) is 0.646. The Morgan fingerprint density at radius 1 is 1.25 bits per heavy atom. The fraction of sp³-hybridized carbons (Fsp3) is 0.636. The van der Waals surface area contributed by atoms with Gasteiger partial charge in [0.2, 0.25) is 0 Å². The Morgan fingerprint density at radius 2 is 2.12 bits per heavy atom. The van der Waals surface area contributed by atoms with Crippen LogP contribution >= 0.6 is 0 Å². The maximum absolute atomic E-state index is 4.93. The van der Waals surface area contributed by atoms with Crippen molar-refractivity contribution in [2.24, 2.45) is 0 Å². The first kappa shape index (κ1) is 12.9. The highest BCUT2D eigenvalue weighted by molar-refractivity contribution is 5.30. The van der Waals surface area contributed by atoms with E-state index in [2.05, 4.69) is 27.5 Å². The molecule has 0 unspecified atom stereocenters. The molecule has 5 heteroatoms. The van der Waals surface area contributed by atoms with Crippen LogP contribution in [0.5, 0.6) is 0 Å². The molecule has 0 radical (unpaired) electrons. The van der Waals surface area contributed by atoms with Crippen molar-refractivity contribution in [1.82, 2.24) is 15.3 Å². The Labute approximate surface area is 96.6 Å². The summed E-state index contributed by atoms with van der Waals surface area (Å²) >= 11 is 0. The van der Waals surface area contributed by atoms with Gasteiger partial charge in [-0.1, -0.05) is 6.92 Å². The number of hydrogen-bond acceptors (Lipinski definition) is 5. The van der Waals surface area contributed by atoms with Gasteiger partial charge < -0.3 is 15.4 Å². The minimum Gasteiger partial charge on any atom is -0.383 e. The van der Waals surface area contributed by atoms with Crippen LogP contribution in [0.4, 0.5) is 5.82 Å². The third-order valence-corrected chi connectivity index (χ3v) is 2.05. The molecule has 1 heterocycles. The number of rotatable bonds is 8. The molecule has 16 heavy (non-hydrogen) atoms. The van der Waals surface area contributed by atoms with Crippen LogP contribution in [-0.4, -0.2) is 36.8 Å². The van der Waals surface area contributed by atoms with E-state index in [0.717, 1.165) is 37.6 Å². The van der Waals surface area contributed by atoms with E-state index in [1.54, 1.807) is 19.5 Å². The molecule has 0 spiro atoms. The number of nitrogens with one attached hydrogen (secondary N) is 2. The Morgan fingerprint density at radius 3 is 2.75 bits per heavy atom. The number of aromatic nitrogens is 2. The van der Waals surface area contributed by atoms with E-state index in [4.69, 9.17) is 4.74 Å². The Bertz CT molecular complexity index is 247. The van der Waals surface area contributed by atoms with Gasteiger partial charge in [0.05, 0.1) is 24.7 Å². The maximum Gasteiger partial charge on any atom is 0.144 e. The summed E-state index contributed by atoms with van der Waals surface area (Å²) in [5.74, 6) is 0.788. The Hall–Kier alpha value is -1.20. The zero-order valence-electron chi connectivity index (χ0n) is 9.99. The van der Waals surface area contributed by atoms with E-state index in [9.17, 15) is 0 Å². The number of hydrogen-bond donors (Lipinski definition) is 2. The summed E-state index contributed by atoms with van der Waals surface area (Å²) in [4.78, 5) is 8.56. The largest absolute Gasteiger partial charge is 0.383 e. The lowest BCUT2D eigenvalue weighted by atomic mass is 10.4. The Balaban J connectivity index is 2.30. The molecule has 0 atom stereocenters. The van der Waals surface area contributed by atoms with Gasteiger partial charge in [0.15, 0.2) is 0 Å². The number of ether oxygens (including phenoxy) is 1. The maximum atomic E-state index is 4.93. The summed E-state index contributed by atoms with van der Waals surface area (Å²) in [5.41, 5.74) is 0.964. The highest BCUT2D eigenvalue weighted by Crippen LogP contribution is 2.00. The van der Waals surface area contributed by atoms with Crippen molar-refractivity contribution in [3.8, 4) is 0 Å². The number of nitrogens with zero attached hydrogens (tertiary/aromatic N) is 2. The van der Waals surface area contributed by atoms with Crippen molar-refractivity contribution in [1.29, 1.82) is 0 Å². The fourth-order valence-corrected chi connectivity index (χ4v) is 1.21. The summed E-state index contributed by atoms with van der Waals surface area (Å²) in [5, 5.41) is 6.40. The molecule has 0 saturated carbocycles. The molecule has 5 nitrogen and oxygen atoms in total. The van der Waals surface area contributed by atoms with Gasteiger partial charge >= 0.3 is 0 Å². The van der Waals surface area contributed by atoms with Crippen LogP contribution in [-0.2, 0) is 11.3 Å². The van der Waals surface area contributed by atoms with E-state index in [0.29, 0.717) is 6.61 Å². The lowest BCUT2D eigenvalue weighted by Gasteiger charge is -2.05. The lowest BCUT2D eigenvalue weighted by molar-refractivity contribution is 0.210. The smallest absolute Gasteiger partial charge is 0.144 e. The third kappa shape index (κ3) is 5.04. The highest BCUT2D eigenvalue weighted by Gasteiger charge is 1.96. The van der Waals surface area contributed by atoms with Gasteiger partial charge in [0.25, 0.3) is 0 Å². The van der Waals surface area contributed by atoms with Gasteiger partial charge in [-0.05, 0) is 13.0 Å². The second-order valence-corrected chi connectivity index (χ2v) is 3.49. The van der Waals surface area contributed by atoms with Gasteiger partial charge in [0.1, 0.15) is 5.82 Å².